The summed E-state index contributed by atoms with van der Waals surface area (Å²) >= 11 is 1.34. The lowest BCUT2D eigenvalue weighted by atomic mass is 9.77. The molecule has 0 saturated carbocycles. The number of thioether (sulfide) groups is 1. The van der Waals surface area contributed by atoms with Crippen molar-refractivity contribution in [3.63, 3.8) is 0 Å². The monoisotopic (exact) mass is 1300 g/mol. The predicted octanol–water partition coefficient (Wildman–Crippen LogP) is 6.56. The van der Waals surface area contributed by atoms with Crippen molar-refractivity contribution in [1.82, 2.24) is 39.9 Å². The van der Waals surface area contributed by atoms with Gasteiger partial charge in [-0.05, 0) is 101 Å². The van der Waals surface area contributed by atoms with E-state index in [1.54, 1.807) is 79.1 Å². The van der Waals surface area contributed by atoms with Crippen molar-refractivity contribution in [2.45, 2.75) is 63.3 Å². The van der Waals surface area contributed by atoms with E-state index < -0.39 is 21.4 Å². The van der Waals surface area contributed by atoms with Gasteiger partial charge in [-0.15, -0.1) is 0 Å². The largest absolute Gasteiger partial charge is 0.490 e. The number of furan rings is 1. The second-order valence-corrected chi connectivity index (χ2v) is 22.5. The van der Waals surface area contributed by atoms with Crippen LogP contribution >= 0.6 is 11.8 Å². The number of ketones is 3. The number of pyridine rings is 2. The number of aryl methyl sites for hydroxylation is 1. The lowest BCUT2D eigenvalue weighted by Gasteiger charge is -2.22. The van der Waals surface area contributed by atoms with E-state index in [1.165, 1.54) is 97.7 Å². The summed E-state index contributed by atoms with van der Waals surface area (Å²) in [5.74, 6) is 0.436. The van der Waals surface area contributed by atoms with E-state index in [1.807, 2.05) is 65.3 Å². The van der Waals surface area contributed by atoms with Crippen LogP contribution in [0, 0.1) is 24.4 Å². The van der Waals surface area contributed by atoms with Gasteiger partial charge in [-0.1, -0.05) is 114 Å². The maximum atomic E-state index is 13.1. The van der Waals surface area contributed by atoms with Crippen LogP contribution in [0.2, 0.25) is 0 Å². The van der Waals surface area contributed by atoms with Gasteiger partial charge in [0.25, 0.3) is 0 Å². The minimum atomic E-state index is -1.59. The van der Waals surface area contributed by atoms with Gasteiger partial charge in [0.15, 0.2) is 22.5 Å². The predicted molar refractivity (Wildman–Crippen MR) is 353 cm³/mol. The molecule has 6 heterocycles. The molecule has 6 N–H and O–H groups in total. The van der Waals surface area contributed by atoms with E-state index in [-0.39, 0.29) is 59.5 Å². The maximum Gasteiger partial charge on any atom is 0.490 e. The molecule has 0 radical (unpaired) electrons. The van der Waals surface area contributed by atoms with E-state index in [4.69, 9.17) is 4.42 Å². The van der Waals surface area contributed by atoms with Crippen molar-refractivity contribution in [3.8, 4) is 0 Å². The summed E-state index contributed by atoms with van der Waals surface area (Å²) < 4.78 is 44.6. The van der Waals surface area contributed by atoms with Gasteiger partial charge in [0.1, 0.15) is 23.2 Å². The van der Waals surface area contributed by atoms with Gasteiger partial charge in [-0.25, -0.2) is 43.1 Å². The number of rotatable bonds is 25. The molecule has 0 aliphatic rings. The van der Waals surface area contributed by atoms with Crippen LogP contribution < -0.4 is 26.2 Å². The number of hydrogen-bond donors (Lipinski definition) is 6. The van der Waals surface area contributed by atoms with Crippen molar-refractivity contribution >= 4 is 78.8 Å². The quantitative estimate of drug-likeness (QED) is 0.0153. The first-order valence-corrected chi connectivity index (χ1v) is 30.4. The third-order valence-corrected chi connectivity index (χ3v) is 15.3. The van der Waals surface area contributed by atoms with Crippen LogP contribution in [0.3, 0.4) is 0 Å². The van der Waals surface area contributed by atoms with Crippen LogP contribution in [0.15, 0.2) is 223 Å². The van der Waals surface area contributed by atoms with Crippen LogP contribution in [0.4, 0.5) is 25.1 Å². The first-order valence-electron chi connectivity index (χ1n) is 29.4. The van der Waals surface area contributed by atoms with Gasteiger partial charge in [0.05, 0.1) is 54.0 Å². The SMILES string of the molecule is Cc1ccc(B(O)O)c(CSc2ncc(C(=O)Cc3ccc(F)cc3)cn2)c1.O=C(Cc1ccc(F)cc1)c1cnc(N(Cc2ccc(B(O)O)cn2)Cc2ccco2)nc1.O=C(Cc1ccc(F)cc1)c1cnc(N(Cc2ccccc2)Cc2ccc(B(O)O)cn2)nc1. The zero-order valence-corrected chi connectivity index (χ0v) is 51.7. The van der Waals surface area contributed by atoms with E-state index in [2.05, 4.69) is 39.9 Å². The third kappa shape index (κ3) is 21.1. The summed E-state index contributed by atoms with van der Waals surface area (Å²) in [6.07, 6.45) is 13.6. The maximum absolute atomic E-state index is 13.1. The number of Topliss-reactive ketones (excluding diaryl/α,β-unsaturated/α-hetero) is 3. The minimum absolute atomic E-state index is 0.117. The molecule has 11 rings (SSSR count). The molecule has 0 amide bonds. The molecule has 0 atom stereocenters. The molecule has 0 aliphatic carbocycles. The molecular weight excluding hydrogens is 1240 g/mol. The standard InChI is InChI=1S/C25H22BFN4O3.C23H20BFN4O4.C20H18BFN2O3S/c27-22-9-6-18(7-10-22)12-24(32)20-13-29-25(30-14-20)31(16-19-4-2-1-3-5-19)17-23-11-8-21(15-28-23)26(33)34;25-19-6-3-16(4-7-19)10-22(30)17-11-27-23(28-12-17)29(15-21-2-1-9-33-21)14-20-8-5-18(13-26-20)24(31)32;1-13-2-7-18(21(26)27)15(8-13)12-28-20-23-10-16(11-24-20)19(25)9-14-3-5-17(22)6-4-14/h1-11,13-15,33-34H,12,16-17H2;1-9,11-13,31-32H,10,14-15H2;2-8,10-11,26-27H,9,12H2,1H3. The number of nitrogens with zero attached hydrogens (tertiary/aromatic N) is 10. The molecule has 0 unspecified atom stereocenters. The second-order valence-electron chi connectivity index (χ2n) is 21.5. The molecule has 0 fully saturated rings. The molecule has 11 aromatic rings. The highest BCUT2D eigenvalue weighted by Crippen LogP contribution is 2.22. The Morgan fingerprint density at radius 2 is 0.874 bits per heavy atom. The molecule has 5 aromatic carbocycles. The van der Waals surface area contributed by atoms with E-state index in [9.17, 15) is 57.7 Å². The van der Waals surface area contributed by atoms with Gasteiger partial charge in [0, 0.05) is 92.1 Å². The molecular formula is C68H60B3F3N10O10S. The first-order chi connectivity index (χ1) is 45.9. The summed E-state index contributed by atoms with van der Waals surface area (Å²) in [7, 11) is -4.71. The average Bonchev–Trinajstić information content (AvgIpc) is 1.71. The Morgan fingerprint density at radius 3 is 1.26 bits per heavy atom. The second kappa shape index (κ2) is 34.0. The molecule has 0 saturated heterocycles. The Bertz CT molecular complexity index is 4250. The van der Waals surface area contributed by atoms with Crippen molar-refractivity contribution in [2.24, 2.45) is 0 Å². The fourth-order valence-corrected chi connectivity index (χ4v) is 10.0. The lowest BCUT2D eigenvalue weighted by molar-refractivity contribution is 0.0984. The highest BCUT2D eigenvalue weighted by molar-refractivity contribution is 7.98. The van der Waals surface area contributed by atoms with Crippen LogP contribution in [0.25, 0.3) is 0 Å². The fourth-order valence-electron chi connectivity index (χ4n) is 9.26. The smallest absolute Gasteiger partial charge is 0.467 e. The Morgan fingerprint density at radius 1 is 0.442 bits per heavy atom. The topological polar surface area (TPSA) is 295 Å². The normalized spacial score (nSPS) is 10.7. The third-order valence-electron chi connectivity index (χ3n) is 14.3. The van der Waals surface area contributed by atoms with Crippen molar-refractivity contribution in [3.05, 3.63) is 298 Å². The number of aromatic nitrogens is 8. The van der Waals surface area contributed by atoms with Crippen molar-refractivity contribution in [2.75, 3.05) is 9.80 Å². The molecule has 6 aromatic heterocycles. The van der Waals surface area contributed by atoms with E-state index >= 15 is 0 Å². The summed E-state index contributed by atoms with van der Waals surface area (Å²) in [6.45, 7) is 3.50. The fraction of sp³-hybridized carbons (Fsp3) is 0.132. The Kier molecular flexibility index (Phi) is 24.7. The highest BCUT2D eigenvalue weighted by atomic mass is 32.2. The number of anilines is 2. The van der Waals surface area contributed by atoms with Crippen LogP contribution in [-0.4, -0.2) is 109 Å². The molecule has 27 heteroatoms. The Hall–Kier alpha value is -10.4. The Labute approximate surface area is 549 Å². The number of benzene rings is 5. The van der Waals surface area contributed by atoms with Crippen LogP contribution in [-0.2, 0) is 51.2 Å². The zero-order valence-electron chi connectivity index (χ0n) is 50.9. The number of carbonyl (C=O) groups excluding carboxylic acids is 3. The highest BCUT2D eigenvalue weighted by Gasteiger charge is 2.21. The molecule has 0 bridgehead atoms. The van der Waals surface area contributed by atoms with Crippen LogP contribution in [0.1, 0.15) is 81.6 Å². The number of carbonyl (C=O) groups is 3. The van der Waals surface area contributed by atoms with Gasteiger partial charge in [-0.3, -0.25) is 24.4 Å². The summed E-state index contributed by atoms with van der Waals surface area (Å²) in [4.78, 5) is 75.8. The van der Waals surface area contributed by atoms with Crippen molar-refractivity contribution < 1.29 is 62.1 Å². The minimum Gasteiger partial charge on any atom is -0.467 e. The van der Waals surface area contributed by atoms with Gasteiger partial charge in [0.2, 0.25) is 11.9 Å². The summed E-state index contributed by atoms with van der Waals surface area (Å²) in [5.41, 5.74) is 8.48. The van der Waals surface area contributed by atoms with Gasteiger partial charge >= 0.3 is 21.4 Å². The Balaban J connectivity index is 0.000000168. The van der Waals surface area contributed by atoms with E-state index in [0.29, 0.717) is 105 Å². The van der Waals surface area contributed by atoms with E-state index in [0.717, 1.165) is 22.3 Å². The number of halogens is 3. The first kappa shape index (κ1) is 69.0. The molecule has 20 nitrogen and oxygen atoms in total. The number of hydrogen-bond acceptors (Lipinski definition) is 21. The lowest BCUT2D eigenvalue weighted by Crippen LogP contribution is -2.32. The summed E-state index contributed by atoms with van der Waals surface area (Å²) in [6, 6.07) is 42.8. The molecule has 0 aliphatic heterocycles. The zero-order chi connectivity index (χ0) is 67.2. The van der Waals surface area contributed by atoms with Gasteiger partial charge in [-0.2, -0.15) is 0 Å². The van der Waals surface area contributed by atoms with Crippen LogP contribution in [0.5, 0.6) is 0 Å². The average molecular weight is 1300 g/mol. The molecule has 95 heavy (non-hydrogen) atoms. The molecule has 0 spiro atoms. The summed E-state index contributed by atoms with van der Waals surface area (Å²) in [5, 5.41) is 56.5. The van der Waals surface area contributed by atoms with Crippen molar-refractivity contribution in [1.29, 1.82) is 0 Å². The molecule has 478 valence electrons. The van der Waals surface area contributed by atoms with Gasteiger partial charge < -0.3 is 44.4 Å².